The van der Waals surface area contributed by atoms with Crippen LogP contribution in [-0.4, -0.2) is 37.6 Å². The summed E-state index contributed by atoms with van der Waals surface area (Å²) in [6.07, 6.45) is 0.180. The monoisotopic (exact) mass is 278 g/mol. The minimum absolute atomic E-state index is 0.0712. The predicted octanol–water partition coefficient (Wildman–Crippen LogP) is -0.524. The number of benzene rings is 1. The third-order valence-electron chi connectivity index (χ3n) is 3.09. The summed E-state index contributed by atoms with van der Waals surface area (Å²) >= 11 is 0. The lowest BCUT2D eigenvalue weighted by Gasteiger charge is -2.19. The van der Waals surface area contributed by atoms with Gasteiger partial charge in [-0.15, -0.1) is 0 Å². The van der Waals surface area contributed by atoms with Gasteiger partial charge in [0.2, 0.25) is 5.91 Å². The van der Waals surface area contributed by atoms with Crippen LogP contribution in [0.4, 0.5) is 5.69 Å². The van der Waals surface area contributed by atoms with Gasteiger partial charge in [0, 0.05) is 5.69 Å². The van der Waals surface area contributed by atoms with Crippen molar-refractivity contribution in [3.8, 4) is 5.75 Å². The van der Waals surface area contributed by atoms with Crippen molar-refractivity contribution in [3.63, 3.8) is 0 Å². The van der Waals surface area contributed by atoms with Crippen molar-refractivity contribution in [2.75, 3.05) is 25.0 Å². The number of nitrogens with two attached hydrogens (primary N) is 1. The summed E-state index contributed by atoms with van der Waals surface area (Å²) in [6.45, 7) is 4.00. The van der Waals surface area contributed by atoms with Crippen LogP contribution in [0.5, 0.6) is 5.75 Å². The van der Waals surface area contributed by atoms with E-state index in [9.17, 15) is 9.59 Å². The summed E-state index contributed by atoms with van der Waals surface area (Å²) in [5.74, 6) is 0.538. The lowest BCUT2D eigenvalue weighted by molar-refractivity contribution is -0.678. The van der Waals surface area contributed by atoms with E-state index in [0.29, 0.717) is 18.8 Å². The number of carbonyl (C=O) groups is 2. The molecule has 4 N–H and O–H groups in total. The zero-order chi connectivity index (χ0) is 14.4. The predicted molar refractivity (Wildman–Crippen MR) is 74.4 cm³/mol. The average molecular weight is 278 g/mol. The van der Waals surface area contributed by atoms with Crippen molar-refractivity contribution in [2.45, 2.75) is 19.4 Å². The molecule has 6 heteroatoms. The van der Waals surface area contributed by atoms with E-state index in [1.807, 2.05) is 12.2 Å². The normalized spacial score (nSPS) is 18.2. The zero-order valence-corrected chi connectivity index (χ0v) is 11.5. The van der Waals surface area contributed by atoms with Crippen molar-refractivity contribution in [2.24, 2.45) is 0 Å². The molecule has 0 bridgehead atoms. The van der Waals surface area contributed by atoms with Crippen LogP contribution in [0.1, 0.15) is 13.3 Å². The summed E-state index contributed by atoms with van der Waals surface area (Å²) in [6, 6.07) is 6.85. The van der Waals surface area contributed by atoms with Crippen LogP contribution in [0.2, 0.25) is 0 Å². The van der Waals surface area contributed by atoms with Crippen molar-refractivity contribution < 1.29 is 19.6 Å². The van der Waals surface area contributed by atoms with E-state index in [2.05, 4.69) is 10.6 Å². The third kappa shape index (κ3) is 3.96. The maximum absolute atomic E-state index is 11.9. The first-order chi connectivity index (χ1) is 9.69. The highest BCUT2D eigenvalue weighted by Crippen LogP contribution is 2.15. The molecule has 1 fully saturated rings. The fourth-order valence-corrected chi connectivity index (χ4v) is 2.11. The number of rotatable bonds is 5. The van der Waals surface area contributed by atoms with Gasteiger partial charge >= 0.3 is 0 Å². The minimum Gasteiger partial charge on any atom is -0.494 e. The largest absolute Gasteiger partial charge is 0.494 e. The molecule has 1 aromatic carbocycles. The van der Waals surface area contributed by atoms with Crippen LogP contribution in [-0.2, 0) is 9.59 Å². The van der Waals surface area contributed by atoms with Gasteiger partial charge in [0.25, 0.3) is 5.91 Å². The number of piperazine rings is 1. The van der Waals surface area contributed by atoms with Crippen molar-refractivity contribution in [1.29, 1.82) is 0 Å². The molecular weight excluding hydrogens is 258 g/mol. The van der Waals surface area contributed by atoms with Crippen LogP contribution in [0.25, 0.3) is 0 Å². The smallest absolute Gasteiger partial charge is 0.278 e. The summed E-state index contributed by atoms with van der Waals surface area (Å²) in [7, 11) is 0. The number of ether oxygens (including phenoxy) is 1. The minimum atomic E-state index is -0.327. The number of nitrogens with one attached hydrogen (secondary N) is 2. The molecule has 6 nitrogen and oxygen atoms in total. The van der Waals surface area contributed by atoms with Gasteiger partial charge in [-0.1, -0.05) is 0 Å². The molecule has 20 heavy (non-hydrogen) atoms. The van der Waals surface area contributed by atoms with Gasteiger partial charge in [0.1, 0.15) is 5.75 Å². The Morgan fingerprint density at radius 1 is 1.45 bits per heavy atom. The van der Waals surface area contributed by atoms with E-state index >= 15 is 0 Å². The van der Waals surface area contributed by atoms with E-state index in [1.54, 1.807) is 24.3 Å². The number of hydrogen-bond acceptors (Lipinski definition) is 3. The van der Waals surface area contributed by atoms with Gasteiger partial charge in [0.15, 0.2) is 6.04 Å². The van der Waals surface area contributed by atoms with Crippen LogP contribution in [0.3, 0.4) is 0 Å². The van der Waals surface area contributed by atoms with E-state index < -0.39 is 0 Å². The molecule has 108 valence electrons. The zero-order valence-electron chi connectivity index (χ0n) is 11.5. The molecule has 1 aromatic rings. The van der Waals surface area contributed by atoms with Crippen molar-refractivity contribution in [1.82, 2.24) is 5.32 Å². The molecule has 1 unspecified atom stereocenters. The second kappa shape index (κ2) is 6.91. The van der Waals surface area contributed by atoms with Crippen molar-refractivity contribution >= 4 is 17.5 Å². The first-order valence-corrected chi connectivity index (χ1v) is 6.83. The molecule has 2 amide bonds. The summed E-state index contributed by atoms with van der Waals surface area (Å²) in [4.78, 5) is 23.5. The highest BCUT2D eigenvalue weighted by molar-refractivity contribution is 5.94. The van der Waals surface area contributed by atoms with Crippen LogP contribution < -0.4 is 20.7 Å². The topological polar surface area (TPSA) is 84.0 Å². The first-order valence-electron chi connectivity index (χ1n) is 6.83. The van der Waals surface area contributed by atoms with E-state index in [0.717, 1.165) is 12.3 Å². The van der Waals surface area contributed by atoms with E-state index in [1.165, 1.54) is 0 Å². The van der Waals surface area contributed by atoms with Gasteiger partial charge in [-0.3, -0.25) is 9.59 Å². The molecule has 1 aliphatic rings. The standard InChI is InChI=1S/C14H19N3O3/c1-2-20-11-5-3-10(4-6-11)17-13(18)9-12-14(19)16-8-7-15-12/h3-6,12,15H,2,7-9H2,1H3,(H,16,19)(H,17,18)/p+1. The molecule has 1 atom stereocenters. The quantitative estimate of drug-likeness (QED) is 0.677. The molecule has 2 rings (SSSR count). The first kappa shape index (κ1) is 14.3. The Bertz CT molecular complexity index is 473. The Kier molecular flexibility index (Phi) is 4.95. The second-order valence-corrected chi connectivity index (χ2v) is 4.63. The summed E-state index contributed by atoms with van der Waals surface area (Å²) in [5.41, 5.74) is 0.703. The molecule has 0 saturated carbocycles. The SMILES string of the molecule is CCOc1ccc(NC(=O)CC2[NH2+]CCNC2=O)cc1. The number of hydrogen-bond donors (Lipinski definition) is 3. The average Bonchev–Trinajstić information content (AvgIpc) is 2.44. The van der Waals surface area contributed by atoms with E-state index in [4.69, 9.17) is 4.74 Å². The van der Waals surface area contributed by atoms with Gasteiger partial charge in [0.05, 0.1) is 26.1 Å². The molecule has 0 spiro atoms. The Balaban J connectivity index is 1.85. The fraction of sp³-hybridized carbons (Fsp3) is 0.429. The van der Waals surface area contributed by atoms with Crippen LogP contribution in [0, 0.1) is 0 Å². The molecule has 1 aliphatic heterocycles. The second-order valence-electron chi connectivity index (χ2n) is 4.63. The van der Waals surface area contributed by atoms with Gasteiger partial charge in [-0.2, -0.15) is 0 Å². The fourth-order valence-electron chi connectivity index (χ4n) is 2.11. The molecule has 1 heterocycles. The number of carbonyl (C=O) groups excluding carboxylic acids is 2. The van der Waals surface area contributed by atoms with Crippen LogP contribution >= 0.6 is 0 Å². The molecule has 0 aromatic heterocycles. The number of quaternary nitrogens is 1. The maximum Gasteiger partial charge on any atom is 0.278 e. The van der Waals surface area contributed by atoms with Gasteiger partial charge in [-0.25, -0.2) is 0 Å². The highest BCUT2D eigenvalue weighted by atomic mass is 16.5. The number of anilines is 1. The highest BCUT2D eigenvalue weighted by Gasteiger charge is 2.27. The Morgan fingerprint density at radius 3 is 2.85 bits per heavy atom. The lowest BCUT2D eigenvalue weighted by Crippen LogP contribution is -2.96. The van der Waals surface area contributed by atoms with Gasteiger partial charge in [-0.05, 0) is 31.2 Å². The molecule has 1 saturated heterocycles. The van der Waals surface area contributed by atoms with Gasteiger partial charge < -0.3 is 20.7 Å². The lowest BCUT2D eigenvalue weighted by atomic mass is 10.1. The maximum atomic E-state index is 11.9. The Hall–Kier alpha value is -2.08. The molecule has 0 radical (unpaired) electrons. The van der Waals surface area contributed by atoms with Crippen LogP contribution in [0.15, 0.2) is 24.3 Å². The summed E-state index contributed by atoms with van der Waals surface area (Å²) < 4.78 is 5.33. The molecule has 0 aliphatic carbocycles. The third-order valence-corrected chi connectivity index (χ3v) is 3.09. The Labute approximate surface area is 117 Å². The molecular formula is C14H20N3O3+. The van der Waals surface area contributed by atoms with Crippen molar-refractivity contribution in [3.05, 3.63) is 24.3 Å². The Morgan fingerprint density at radius 2 is 2.20 bits per heavy atom. The number of amides is 2. The summed E-state index contributed by atoms with van der Waals surface area (Å²) in [5, 5.41) is 7.44. The van der Waals surface area contributed by atoms with E-state index in [-0.39, 0.29) is 24.3 Å².